The normalized spacial score (nSPS) is 20.0. The van der Waals surface area contributed by atoms with Crippen molar-refractivity contribution in [3.63, 3.8) is 0 Å². The Bertz CT molecular complexity index is 902. The quantitative estimate of drug-likeness (QED) is 0.701. The number of carbonyl (C=O) groups is 2. The van der Waals surface area contributed by atoms with Crippen molar-refractivity contribution >= 4 is 34.7 Å². The molecule has 1 aliphatic rings. The molecule has 0 spiro atoms. The Morgan fingerprint density at radius 3 is 2.85 bits per heavy atom. The lowest BCUT2D eigenvalue weighted by atomic mass is 10.1. The summed E-state index contributed by atoms with van der Waals surface area (Å²) in [6, 6.07) is 5.06. The van der Waals surface area contributed by atoms with Gasteiger partial charge in [-0.25, -0.2) is 4.79 Å². The zero-order valence-electron chi connectivity index (χ0n) is 15.8. The van der Waals surface area contributed by atoms with Crippen LogP contribution in [0.2, 0.25) is 0 Å². The van der Waals surface area contributed by atoms with E-state index >= 15 is 0 Å². The maximum atomic E-state index is 12.6. The zero-order chi connectivity index (χ0) is 19.6. The van der Waals surface area contributed by atoms with Gasteiger partial charge in [-0.2, -0.15) is 0 Å². The molecule has 27 heavy (non-hydrogen) atoms. The van der Waals surface area contributed by atoms with Crippen molar-refractivity contribution in [2.75, 3.05) is 12.8 Å². The number of rotatable bonds is 6. The van der Waals surface area contributed by atoms with Crippen LogP contribution in [0.1, 0.15) is 43.5 Å². The monoisotopic (exact) mass is 391 g/mol. The Morgan fingerprint density at radius 2 is 2.11 bits per heavy atom. The van der Waals surface area contributed by atoms with Crippen LogP contribution in [-0.2, 0) is 4.79 Å². The third-order valence-electron chi connectivity index (χ3n) is 5.19. The minimum Gasteiger partial charge on any atom is -0.408 e. The van der Waals surface area contributed by atoms with Gasteiger partial charge in [-0.1, -0.05) is 6.07 Å². The number of hydrogen-bond donors (Lipinski definition) is 3. The molecular formula is C19H25N3O4S. The molecule has 0 unspecified atom stereocenters. The number of oxazole rings is 1. The van der Waals surface area contributed by atoms with Gasteiger partial charge in [0.2, 0.25) is 5.91 Å². The molecule has 0 bridgehead atoms. The summed E-state index contributed by atoms with van der Waals surface area (Å²) in [4.78, 5) is 38.7. The maximum Gasteiger partial charge on any atom is 0.417 e. The summed E-state index contributed by atoms with van der Waals surface area (Å²) in [6.45, 7) is 4.44. The number of fused-ring (bicyclic) bond motifs is 1. The lowest BCUT2D eigenvalue weighted by Crippen LogP contribution is -2.41. The van der Waals surface area contributed by atoms with Gasteiger partial charge in [-0.15, -0.1) is 11.8 Å². The summed E-state index contributed by atoms with van der Waals surface area (Å²) in [5.41, 5.74) is 1.19. The average Bonchev–Trinajstić information content (AvgIpc) is 3.24. The van der Waals surface area contributed by atoms with Crippen LogP contribution in [0.15, 0.2) is 27.4 Å². The van der Waals surface area contributed by atoms with Crippen LogP contribution >= 0.6 is 11.8 Å². The maximum absolute atomic E-state index is 12.6. The molecule has 2 aromatic rings. The third-order valence-corrected chi connectivity index (χ3v) is 6.39. The Balaban J connectivity index is 1.56. The number of thioether (sulfide) groups is 1. The SMILES string of the molecule is CSC(C)(C)C(=O)NC[C@@H]1CC[C@H](NC(=O)c2cccc3oc(=O)[nH]c23)C1. The Morgan fingerprint density at radius 1 is 1.33 bits per heavy atom. The summed E-state index contributed by atoms with van der Waals surface area (Å²) in [5, 5.41) is 6.06. The van der Waals surface area contributed by atoms with Crippen LogP contribution in [0.5, 0.6) is 0 Å². The number of aromatic amines is 1. The van der Waals surface area contributed by atoms with E-state index in [1.54, 1.807) is 18.2 Å². The molecule has 146 valence electrons. The van der Waals surface area contributed by atoms with Gasteiger partial charge in [0.1, 0.15) is 0 Å². The molecule has 1 aliphatic carbocycles. The molecule has 1 aromatic carbocycles. The Hall–Kier alpha value is -2.22. The minimum atomic E-state index is -0.574. The van der Waals surface area contributed by atoms with Crippen molar-refractivity contribution in [2.45, 2.75) is 43.9 Å². The van der Waals surface area contributed by atoms with Gasteiger partial charge in [0, 0.05) is 12.6 Å². The minimum absolute atomic E-state index is 0.0399. The number of benzene rings is 1. The number of H-pyrrole nitrogens is 1. The van der Waals surface area contributed by atoms with E-state index in [-0.39, 0.29) is 17.9 Å². The molecule has 0 aliphatic heterocycles. The Labute approximate surface area is 161 Å². The first-order valence-corrected chi connectivity index (χ1v) is 10.3. The topological polar surface area (TPSA) is 104 Å². The number of nitrogens with one attached hydrogen (secondary N) is 3. The molecule has 7 nitrogen and oxygen atoms in total. The van der Waals surface area contributed by atoms with E-state index in [0.29, 0.717) is 29.1 Å². The molecule has 1 fully saturated rings. The smallest absolute Gasteiger partial charge is 0.408 e. The number of aromatic nitrogens is 1. The van der Waals surface area contributed by atoms with Gasteiger partial charge in [-0.05, 0) is 57.4 Å². The number of hydrogen-bond acceptors (Lipinski definition) is 5. The van der Waals surface area contributed by atoms with Crippen LogP contribution in [0, 0.1) is 5.92 Å². The Kier molecular flexibility index (Phi) is 5.64. The van der Waals surface area contributed by atoms with Crippen LogP contribution in [0.25, 0.3) is 11.1 Å². The van der Waals surface area contributed by atoms with Crippen LogP contribution in [0.3, 0.4) is 0 Å². The van der Waals surface area contributed by atoms with Gasteiger partial charge in [0.15, 0.2) is 5.58 Å². The molecular weight excluding hydrogens is 366 g/mol. The summed E-state index contributed by atoms with van der Waals surface area (Å²) < 4.78 is 4.57. The van der Waals surface area contributed by atoms with Crippen LogP contribution in [-0.4, -0.2) is 40.4 Å². The summed E-state index contributed by atoms with van der Waals surface area (Å²) in [5.74, 6) is -0.412. The number of carbonyl (C=O) groups excluding carboxylic acids is 2. The fourth-order valence-electron chi connectivity index (χ4n) is 3.36. The van der Waals surface area contributed by atoms with E-state index in [1.165, 1.54) is 11.8 Å². The fourth-order valence-corrected chi connectivity index (χ4v) is 3.62. The van der Waals surface area contributed by atoms with Crippen molar-refractivity contribution < 1.29 is 14.0 Å². The van der Waals surface area contributed by atoms with Gasteiger partial charge >= 0.3 is 5.76 Å². The number of amides is 2. The molecule has 2 amide bonds. The molecule has 0 radical (unpaired) electrons. The van der Waals surface area contributed by atoms with Crippen molar-refractivity contribution in [2.24, 2.45) is 5.92 Å². The van der Waals surface area contributed by atoms with E-state index in [2.05, 4.69) is 15.6 Å². The first kappa shape index (κ1) is 19.5. The predicted molar refractivity (Wildman–Crippen MR) is 106 cm³/mol. The van der Waals surface area contributed by atoms with Crippen molar-refractivity contribution in [1.82, 2.24) is 15.6 Å². The highest BCUT2D eigenvalue weighted by molar-refractivity contribution is 8.00. The molecule has 1 heterocycles. The average molecular weight is 391 g/mol. The highest BCUT2D eigenvalue weighted by Crippen LogP contribution is 2.27. The van der Waals surface area contributed by atoms with Gasteiger partial charge < -0.3 is 15.1 Å². The highest BCUT2D eigenvalue weighted by atomic mass is 32.2. The summed E-state index contributed by atoms with van der Waals surface area (Å²) in [6.07, 6.45) is 4.58. The highest BCUT2D eigenvalue weighted by Gasteiger charge is 2.30. The second kappa shape index (κ2) is 7.80. The summed E-state index contributed by atoms with van der Waals surface area (Å²) >= 11 is 1.52. The van der Waals surface area contributed by atoms with Gasteiger partial charge in [0.05, 0.1) is 15.8 Å². The molecule has 3 N–H and O–H groups in total. The standard InChI is InChI=1S/C19H25N3O4S/c1-19(2,27-3)17(24)20-10-11-7-8-12(9-11)21-16(23)13-5-4-6-14-15(13)22-18(25)26-14/h4-6,11-12H,7-10H2,1-3H3,(H,20,24)(H,21,23)(H,22,25)/t11-,12+/m1/s1. The largest absolute Gasteiger partial charge is 0.417 e. The first-order chi connectivity index (χ1) is 12.8. The molecule has 1 saturated carbocycles. The molecule has 2 atom stereocenters. The van der Waals surface area contributed by atoms with Crippen molar-refractivity contribution in [3.05, 3.63) is 34.3 Å². The van der Waals surface area contributed by atoms with Crippen LogP contribution < -0.4 is 16.4 Å². The van der Waals surface area contributed by atoms with Crippen molar-refractivity contribution in [1.29, 1.82) is 0 Å². The first-order valence-electron chi connectivity index (χ1n) is 9.06. The van der Waals surface area contributed by atoms with E-state index in [1.807, 2.05) is 20.1 Å². The second-order valence-corrected chi connectivity index (χ2v) is 8.90. The third kappa shape index (κ3) is 4.37. The summed E-state index contributed by atoms with van der Waals surface area (Å²) in [7, 11) is 0. The molecule has 1 aromatic heterocycles. The molecule has 0 saturated heterocycles. The number of para-hydroxylation sites is 1. The van der Waals surface area contributed by atoms with Gasteiger partial charge in [-0.3, -0.25) is 14.6 Å². The fraction of sp³-hybridized carbons (Fsp3) is 0.526. The zero-order valence-corrected chi connectivity index (χ0v) is 16.6. The van der Waals surface area contributed by atoms with E-state index in [4.69, 9.17) is 4.42 Å². The van der Waals surface area contributed by atoms with Crippen molar-refractivity contribution in [3.8, 4) is 0 Å². The van der Waals surface area contributed by atoms with E-state index < -0.39 is 10.5 Å². The van der Waals surface area contributed by atoms with E-state index in [0.717, 1.165) is 19.3 Å². The van der Waals surface area contributed by atoms with Gasteiger partial charge in [0.25, 0.3) is 5.91 Å². The lowest BCUT2D eigenvalue weighted by Gasteiger charge is -2.22. The van der Waals surface area contributed by atoms with E-state index in [9.17, 15) is 14.4 Å². The van der Waals surface area contributed by atoms with Crippen LogP contribution in [0.4, 0.5) is 0 Å². The lowest BCUT2D eigenvalue weighted by molar-refractivity contribution is -0.122. The molecule has 8 heteroatoms. The second-order valence-electron chi connectivity index (χ2n) is 7.47. The predicted octanol–water partition coefficient (Wildman–Crippen LogP) is 2.28. The molecule has 3 rings (SSSR count).